The Morgan fingerprint density at radius 2 is 1.73 bits per heavy atom. The van der Waals surface area contributed by atoms with Crippen LogP contribution in [0.2, 0.25) is 0 Å². The van der Waals surface area contributed by atoms with Gasteiger partial charge in [-0.25, -0.2) is 0 Å². The van der Waals surface area contributed by atoms with Gasteiger partial charge in [0.2, 0.25) is 0 Å². The Bertz CT molecular complexity index is 533. The molecule has 1 atom stereocenters. The lowest BCUT2D eigenvalue weighted by Gasteiger charge is -2.09. The molecule has 0 saturated carbocycles. The summed E-state index contributed by atoms with van der Waals surface area (Å²) in [6.45, 7) is 0.799. The third-order valence-corrected chi connectivity index (χ3v) is 3.72. The first-order valence-electron chi connectivity index (χ1n) is 8.08. The van der Waals surface area contributed by atoms with Crippen molar-refractivity contribution in [3.8, 4) is 0 Å². The molecule has 0 spiro atoms. The molecule has 3 nitrogen and oxygen atoms in total. The Labute approximate surface area is 133 Å². The maximum Gasteiger partial charge on any atom is 0.118 e. The summed E-state index contributed by atoms with van der Waals surface area (Å²) >= 11 is 0. The minimum Gasteiger partial charge on any atom is -0.465 e. The highest BCUT2D eigenvalue weighted by molar-refractivity contribution is 5.14. The second-order valence-electron chi connectivity index (χ2n) is 6.20. The summed E-state index contributed by atoms with van der Waals surface area (Å²) in [5.74, 6) is 1.84. The number of aryl methyl sites for hydroxylation is 1. The predicted octanol–water partition coefficient (Wildman–Crippen LogP) is 3.66. The fourth-order valence-corrected chi connectivity index (χ4v) is 2.62. The number of hydrogen-bond acceptors (Lipinski definition) is 3. The molecular weight excluding hydrogens is 274 g/mol. The van der Waals surface area contributed by atoms with Gasteiger partial charge in [-0.3, -0.25) is 0 Å². The van der Waals surface area contributed by atoms with Gasteiger partial charge in [-0.05, 0) is 51.1 Å². The van der Waals surface area contributed by atoms with Gasteiger partial charge in [0.1, 0.15) is 11.5 Å². The summed E-state index contributed by atoms with van der Waals surface area (Å²) in [4.78, 5) is 2.07. The number of furan rings is 1. The van der Waals surface area contributed by atoms with E-state index in [0.717, 1.165) is 43.7 Å². The van der Waals surface area contributed by atoms with Crippen molar-refractivity contribution in [1.29, 1.82) is 0 Å². The highest BCUT2D eigenvalue weighted by Gasteiger charge is 2.09. The SMILES string of the molecule is CN(C)Cc1ccc(CC(O)CCCCc2ccccc2)o1. The normalized spacial score (nSPS) is 12.7. The van der Waals surface area contributed by atoms with Crippen molar-refractivity contribution in [3.05, 3.63) is 59.5 Å². The van der Waals surface area contributed by atoms with E-state index in [1.165, 1.54) is 5.56 Å². The van der Waals surface area contributed by atoms with Crippen molar-refractivity contribution >= 4 is 0 Å². The predicted molar refractivity (Wildman–Crippen MR) is 89.8 cm³/mol. The Morgan fingerprint density at radius 3 is 2.45 bits per heavy atom. The maximum absolute atomic E-state index is 10.1. The lowest BCUT2D eigenvalue weighted by atomic mass is 10.0. The molecule has 0 bridgehead atoms. The molecule has 1 unspecified atom stereocenters. The van der Waals surface area contributed by atoms with Gasteiger partial charge in [0.05, 0.1) is 12.6 Å². The molecule has 1 aromatic carbocycles. The fraction of sp³-hybridized carbons (Fsp3) is 0.474. The fourth-order valence-electron chi connectivity index (χ4n) is 2.62. The van der Waals surface area contributed by atoms with Crippen LogP contribution in [-0.4, -0.2) is 30.2 Å². The molecule has 2 rings (SSSR count). The van der Waals surface area contributed by atoms with E-state index in [2.05, 4.69) is 29.2 Å². The lowest BCUT2D eigenvalue weighted by Crippen LogP contribution is -2.11. The number of aliphatic hydroxyl groups excluding tert-OH is 1. The first-order valence-corrected chi connectivity index (χ1v) is 8.08. The van der Waals surface area contributed by atoms with E-state index in [0.29, 0.717) is 6.42 Å². The number of nitrogens with zero attached hydrogens (tertiary/aromatic N) is 1. The van der Waals surface area contributed by atoms with Gasteiger partial charge in [-0.15, -0.1) is 0 Å². The molecule has 1 aromatic heterocycles. The molecule has 0 aliphatic rings. The molecule has 3 heteroatoms. The molecule has 22 heavy (non-hydrogen) atoms. The molecule has 1 N–H and O–H groups in total. The van der Waals surface area contributed by atoms with Crippen molar-refractivity contribution in [2.24, 2.45) is 0 Å². The van der Waals surface area contributed by atoms with Crippen molar-refractivity contribution in [2.45, 2.75) is 44.8 Å². The van der Waals surface area contributed by atoms with Crippen molar-refractivity contribution in [1.82, 2.24) is 4.90 Å². The van der Waals surface area contributed by atoms with Crippen LogP contribution in [0.3, 0.4) is 0 Å². The molecule has 0 radical (unpaired) electrons. The van der Waals surface area contributed by atoms with Crippen LogP contribution in [0.1, 0.15) is 36.3 Å². The molecule has 120 valence electrons. The zero-order valence-electron chi connectivity index (χ0n) is 13.7. The molecule has 0 fully saturated rings. The van der Waals surface area contributed by atoms with Crippen LogP contribution in [0.25, 0.3) is 0 Å². The lowest BCUT2D eigenvalue weighted by molar-refractivity contribution is 0.153. The molecule has 0 amide bonds. The van der Waals surface area contributed by atoms with Gasteiger partial charge in [-0.2, -0.15) is 0 Å². The van der Waals surface area contributed by atoms with E-state index in [-0.39, 0.29) is 6.10 Å². The van der Waals surface area contributed by atoms with Crippen LogP contribution >= 0.6 is 0 Å². The highest BCUT2D eigenvalue weighted by Crippen LogP contribution is 2.14. The number of unbranched alkanes of at least 4 members (excludes halogenated alkanes) is 1. The third-order valence-electron chi connectivity index (χ3n) is 3.72. The molecule has 0 aliphatic carbocycles. The smallest absolute Gasteiger partial charge is 0.118 e. The second kappa shape index (κ2) is 8.76. The first-order chi connectivity index (χ1) is 10.6. The quantitative estimate of drug-likeness (QED) is 0.718. The number of aliphatic hydroxyl groups is 1. The van der Waals surface area contributed by atoms with Gasteiger partial charge in [-0.1, -0.05) is 36.8 Å². The Kier molecular flexibility index (Phi) is 6.69. The van der Waals surface area contributed by atoms with Crippen molar-refractivity contribution in [3.63, 3.8) is 0 Å². The molecule has 1 heterocycles. The number of hydrogen-bond donors (Lipinski definition) is 1. The standard InChI is InChI=1S/C19H27NO2/c1-20(2)15-19-13-12-18(22-19)14-17(21)11-7-6-10-16-8-4-3-5-9-16/h3-5,8-9,12-13,17,21H,6-7,10-11,14-15H2,1-2H3. The summed E-state index contributed by atoms with van der Waals surface area (Å²) in [5.41, 5.74) is 1.37. The molecule has 0 saturated heterocycles. The zero-order valence-corrected chi connectivity index (χ0v) is 13.7. The van der Waals surface area contributed by atoms with Gasteiger partial charge in [0.25, 0.3) is 0 Å². The molecule has 0 aliphatic heterocycles. The van der Waals surface area contributed by atoms with Crippen LogP contribution in [0.15, 0.2) is 46.9 Å². The summed E-state index contributed by atoms with van der Waals surface area (Å²) in [5, 5.41) is 10.1. The Balaban J connectivity index is 1.65. The monoisotopic (exact) mass is 301 g/mol. The van der Waals surface area contributed by atoms with Gasteiger partial charge >= 0.3 is 0 Å². The van der Waals surface area contributed by atoms with Gasteiger partial charge in [0.15, 0.2) is 0 Å². The zero-order chi connectivity index (χ0) is 15.8. The maximum atomic E-state index is 10.1. The van der Waals surface area contributed by atoms with Crippen LogP contribution in [0, 0.1) is 0 Å². The summed E-state index contributed by atoms with van der Waals surface area (Å²) in [6.07, 6.45) is 4.37. The number of rotatable bonds is 9. The van der Waals surface area contributed by atoms with Crippen molar-refractivity contribution in [2.75, 3.05) is 14.1 Å². The number of benzene rings is 1. The summed E-state index contributed by atoms with van der Waals surface area (Å²) in [7, 11) is 4.04. The Morgan fingerprint density at radius 1 is 1.00 bits per heavy atom. The summed E-state index contributed by atoms with van der Waals surface area (Å²) < 4.78 is 5.74. The average molecular weight is 301 g/mol. The van der Waals surface area contributed by atoms with Gasteiger partial charge < -0.3 is 14.4 Å². The van der Waals surface area contributed by atoms with E-state index < -0.39 is 0 Å². The largest absolute Gasteiger partial charge is 0.465 e. The van der Waals surface area contributed by atoms with Gasteiger partial charge in [0, 0.05) is 6.42 Å². The third kappa shape index (κ3) is 6.04. The second-order valence-corrected chi connectivity index (χ2v) is 6.20. The van der Waals surface area contributed by atoms with Crippen LogP contribution in [0.5, 0.6) is 0 Å². The minimum atomic E-state index is -0.311. The van der Waals surface area contributed by atoms with E-state index in [1.807, 2.05) is 32.3 Å². The van der Waals surface area contributed by atoms with Crippen LogP contribution in [-0.2, 0) is 19.4 Å². The molecule has 2 aromatic rings. The van der Waals surface area contributed by atoms with Crippen molar-refractivity contribution < 1.29 is 9.52 Å². The molecular formula is C19H27NO2. The van der Waals surface area contributed by atoms with E-state index >= 15 is 0 Å². The first kappa shape index (κ1) is 16.8. The minimum absolute atomic E-state index is 0.311. The van der Waals surface area contributed by atoms with Crippen LogP contribution in [0.4, 0.5) is 0 Å². The van der Waals surface area contributed by atoms with E-state index in [9.17, 15) is 5.11 Å². The van der Waals surface area contributed by atoms with E-state index in [4.69, 9.17) is 4.42 Å². The van der Waals surface area contributed by atoms with E-state index in [1.54, 1.807) is 0 Å². The Hall–Kier alpha value is -1.58. The summed E-state index contributed by atoms with van der Waals surface area (Å²) in [6, 6.07) is 14.5. The topological polar surface area (TPSA) is 36.6 Å². The van der Waals surface area contributed by atoms with Crippen LogP contribution < -0.4 is 0 Å². The highest BCUT2D eigenvalue weighted by atomic mass is 16.3. The average Bonchev–Trinajstić information content (AvgIpc) is 2.91.